The molecule has 25 heavy (non-hydrogen) atoms. The standard InChI is InChI=1S/C15H25N9O/c1-22(2)8-11-5-12(25-4)9-24(11)15-6-13(17-10-18-15)16-7-14-19-21-23(3)20-14/h6,10-12H,5,7-9H2,1-4H3,(H,16,17,18)/t11-,12-/m0/s1. The molecule has 1 fully saturated rings. The van der Waals surface area contributed by atoms with Crippen LogP contribution in [-0.4, -0.2) is 81.5 Å². The van der Waals surface area contributed by atoms with Gasteiger partial charge in [0, 0.05) is 32.3 Å². The molecule has 0 bridgehead atoms. The van der Waals surface area contributed by atoms with Gasteiger partial charge in [-0.3, -0.25) is 0 Å². The van der Waals surface area contributed by atoms with Gasteiger partial charge in [0.1, 0.15) is 18.0 Å². The van der Waals surface area contributed by atoms with Gasteiger partial charge in [-0.1, -0.05) is 0 Å². The Morgan fingerprint density at radius 1 is 1.36 bits per heavy atom. The molecular formula is C15H25N9O. The van der Waals surface area contributed by atoms with E-state index in [-0.39, 0.29) is 6.10 Å². The minimum atomic E-state index is 0.222. The number of nitrogens with zero attached hydrogens (tertiary/aromatic N) is 8. The van der Waals surface area contributed by atoms with Gasteiger partial charge >= 0.3 is 0 Å². The van der Waals surface area contributed by atoms with Crippen LogP contribution in [0, 0.1) is 0 Å². The monoisotopic (exact) mass is 347 g/mol. The predicted octanol–water partition coefficient (Wildman–Crippen LogP) is -0.232. The number of anilines is 2. The molecule has 0 aromatic carbocycles. The molecule has 2 aromatic rings. The van der Waals surface area contributed by atoms with Gasteiger partial charge in [-0.25, -0.2) is 9.97 Å². The van der Waals surface area contributed by atoms with E-state index in [0.717, 1.165) is 31.1 Å². The van der Waals surface area contributed by atoms with Crippen molar-refractivity contribution in [2.24, 2.45) is 7.05 Å². The average Bonchev–Trinajstić information content (AvgIpc) is 3.19. The van der Waals surface area contributed by atoms with E-state index in [1.807, 2.05) is 6.07 Å². The average molecular weight is 347 g/mol. The van der Waals surface area contributed by atoms with Crippen molar-refractivity contribution < 1.29 is 4.74 Å². The molecule has 1 saturated heterocycles. The smallest absolute Gasteiger partial charge is 0.193 e. The number of aryl methyl sites for hydroxylation is 1. The first kappa shape index (κ1) is 17.5. The second kappa shape index (κ2) is 7.70. The first-order chi connectivity index (χ1) is 12.0. The zero-order valence-electron chi connectivity index (χ0n) is 15.1. The van der Waals surface area contributed by atoms with Crippen LogP contribution in [0.3, 0.4) is 0 Å². The number of nitrogens with one attached hydrogen (secondary N) is 1. The van der Waals surface area contributed by atoms with E-state index in [1.165, 1.54) is 4.80 Å². The number of ether oxygens (including phenoxy) is 1. The Kier molecular flexibility index (Phi) is 5.39. The van der Waals surface area contributed by atoms with Crippen molar-refractivity contribution >= 4 is 11.6 Å². The molecule has 0 radical (unpaired) electrons. The van der Waals surface area contributed by atoms with Crippen LogP contribution >= 0.6 is 0 Å². The molecule has 1 N–H and O–H groups in total. The van der Waals surface area contributed by atoms with E-state index < -0.39 is 0 Å². The second-order valence-electron chi connectivity index (χ2n) is 6.47. The van der Waals surface area contributed by atoms with E-state index in [0.29, 0.717) is 18.4 Å². The van der Waals surface area contributed by atoms with Crippen LogP contribution < -0.4 is 10.2 Å². The Labute approximate surface area is 147 Å². The normalized spacial score (nSPS) is 20.4. The minimum Gasteiger partial charge on any atom is -0.380 e. The number of hydrogen-bond donors (Lipinski definition) is 1. The molecule has 2 atom stereocenters. The molecule has 10 nitrogen and oxygen atoms in total. The molecule has 0 aliphatic carbocycles. The summed E-state index contributed by atoms with van der Waals surface area (Å²) in [5.41, 5.74) is 0. The first-order valence-corrected chi connectivity index (χ1v) is 8.28. The summed E-state index contributed by atoms with van der Waals surface area (Å²) in [7, 11) is 7.67. The van der Waals surface area contributed by atoms with Gasteiger partial charge in [-0.05, 0) is 25.7 Å². The maximum absolute atomic E-state index is 5.57. The van der Waals surface area contributed by atoms with Crippen LogP contribution in [-0.2, 0) is 18.3 Å². The van der Waals surface area contributed by atoms with Gasteiger partial charge in [-0.2, -0.15) is 4.80 Å². The number of aromatic nitrogens is 6. The SMILES string of the molecule is CO[C@H]1C[C@@H](CN(C)C)N(c2cc(NCc3nnn(C)n3)ncn2)C1. The Hall–Kier alpha value is -2.33. The zero-order chi connectivity index (χ0) is 17.8. The summed E-state index contributed by atoms with van der Waals surface area (Å²) in [4.78, 5) is 14.7. The van der Waals surface area contributed by atoms with Gasteiger partial charge in [0.15, 0.2) is 5.82 Å². The second-order valence-corrected chi connectivity index (χ2v) is 6.47. The van der Waals surface area contributed by atoms with Crippen molar-refractivity contribution in [1.29, 1.82) is 0 Å². The predicted molar refractivity (Wildman–Crippen MR) is 93.3 cm³/mol. The highest BCUT2D eigenvalue weighted by Gasteiger charge is 2.33. The molecule has 3 rings (SSSR count). The van der Waals surface area contributed by atoms with Gasteiger partial charge in [-0.15, -0.1) is 10.2 Å². The minimum absolute atomic E-state index is 0.222. The van der Waals surface area contributed by atoms with Crippen LogP contribution in [0.4, 0.5) is 11.6 Å². The van der Waals surface area contributed by atoms with E-state index in [1.54, 1.807) is 20.5 Å². The highest BCUT2D eigenvalue weighted by atomic mass is 16.5. The molecular weight excluding hydrogens is 322 g/mol. The van der Waals surface area contributed by atoms with Crippen molar-refractivity contribution in [2.75, 3.05) is 44.5 Å². The summed E-state index contributed by atoms with van der Waals surface area (Å²) in [6.07, 6.45) is 2.79. The van der Waals surface area contributed by atoms with Gasteiger partial charge in [0.2, 0.25) is 0 Å². The summed E-state index contributed by atoms with van der Waals surface area (Å²) in [5, 5.41) is 15.1. The molecule has 0 unspecified atom stereocenters. The number of likely N-dealkylation sites (N-methyl/N-ethyl adjacent to an activating group) is 1. The zero-order valence-corrected chi connectivity index (χ0v) is 15.1. The molecule has 0 spiro atoms. The van der Waals surface area contributed by atoms with Crippen LogP contribution in [0.15, 0.2) is 12.4 Å². The Balaban J connectivity index is 1.70. The number of rotatable bonds is 7. The molecule has 2 aromatic heterocycles. The topological polar surface area (TPSA) is 97.1 Å². The summed E-state index contributed by atoms with van der Waals surface area (Å²) in [6, 6.07) is 2.32. The Morgan fingerprint density at radius 2 is 2.20 bits per heavy atom. The highest BCUT2D eigenvalue weighted by Crippen LogP contribution is 2.27. The third-order valence-electron chi connectivity index (χ3n) is 4.21. The lowest BCUT2D eigenvalue weighted by atomic mass is 10.2. The van der Waals surface area contributed by atoms with Crippen molar-refractivity contribution in [3.05, 3.63) is 18.2 Å². The van der Waals surface area contributed by atoms with Crippen molar-refractivity contribution in [1.82, 2.24) is 35.1 Å². The molecule has 1 aliphatic heterocycles. The lowest BCUT2D eigenvalue weighted by molar-refractivity contribution is 0.117. The van der Waals surface area contributed by atoms with E-state index in [4.69, 9.17) is 4.74 Å². The fourth-order valence-corrected chi connectivity index (χ4v) is 3.08. The van der Waals surface area contributed by atoms with Crippen molar-refractivity contribution in [3.63, 3.8) is 0 Å². The quantitative estimate of drug-likeness (QED) is 0.728. The third-order valence-corrected chi connectivity index (χ3v) is 4.21. The number of tetrazole rings is 1. The summed E-state index contributed by atoms with van der Waals surface area (Å²) >= 11 is 0. The van der Waals surface area contributed by atoms with E-state index in [2.05, 4.69) is 54.6 Å². The molecule has 136 valence electrons. The Bertz CT molecular complexity index is 689. The fourth-order valence-electron chi connectivity index (χ4n) is 3.08. The first-order valence-electron chi connectivity index (χ1n) is 8.28. The van der Waals surface area contributed by atoms with Crippen molar-refractivity contribution in [2.45, 2.75) is 25.1 Å². The highest BCUT2D eigenvalue weighted by molar-refractivity contribution is 5.50. The van der Waals surface area contributed by atoms with E-state index >= 15 is 0 Å². The van der Waals surface area contributed by atoms with Gasteiger partial charge < -0.3 is 19.9 Å². The van der Waals surface area contributed by atoms with Gasteiger partial charge in [0.05, 0.1) is 19.7 Å². The van der Waals surface area contributed by atoms with Crippen LogP contribution in [0.25, 0.3) is 0 Å². The third kappa shape index (κ3) is 4.40. The van der Waals surface area contributed by atoms with Crippen LogP contribution in [0.5, 0.6) is 0 Å². The molecule has 0 saturated carbocycles. The lowest BCUT2D eigenvalue weighted by Gasteiger charge is -2.27. The molecule has 3 heterocycles. The van der Waals surface area contributed by atoms with Gasteiger partial charge in [0.25, 0.3) is 0 Å². The largest absolute Gasteiger partial charge is 0.380 e. The maximum Gasteiger partial charge on any atom is 0.193 e. The lowest BCUT2D eigenvalue weighted by Crippen LogP contribution is -2.38. The molecule has 1 aliphatic rings. The maximum atomic E-state index is 5.57. The van der Waals surface area contributed by atoms with Crippen LogP contribution in [0.1, 0.15) is 12.2 Å². The summed E-state index contributed by atoms with van der Waals surface area (Å²) in [6.45, 7) is 2.25. The number of methoxy groups -OCH3 is 1. The van der Waals surface area contributed by atoms with Crippen LogP contribution in [0.2, 0.25) is 0 Å². The number of hydrogen-bond acceptors (Lipinski definition) is 9. The molecule has 10 heteroatoms. The fraction of sp³-hybridized carbons (Fsp3) is 0.667. The van der Waals surface area contributed by atoms with Crippen molar-refractivity contribution in [3.8, 4) is 0 Å². The molecule has 0 amide bonds. The van der Waals surface area contributed by atoms with E-state index in [9.17, 15) is 0 Å². The summed E-state index contributed by atoms with van der Waals surface area (Å²) < 4.78 is 5.57. The summed E-state index contributed by atoms with van der Waals surface area (Å²) in [5.74, 6) is 2.26. The Morgan fingerprint density at radius 3 is 2.88 bits per heavy atom.